The Morgan fingerprint density at radius 3 is 2.37 bits per heavy atom. The van der Waals surface area contributed by atoms with Crippen LogP contribution in [0, 0.1) is 5.92 Å². The molecule has 35 heavy (non-hydrogen) atoms. The quantitative estimate of drug-likeness (QED) is 0.320. The predicted octanol–water partition coefficient (Wildman–Crippen LogP) is 2.68. The van der Waals surface area contributed by atoms with Gasteiger partial charge in [-0.3, -0.25) is 14.4 Å². The zero-order valence-electron chi connectivity index (χ0n) is 21.3. The Morgan fingerprint density at radius 2 is 1.86 bits per heavy atom. The van der Waals surface area contributed by atoms with Crippen molar-refractivity contribution in [3.05, 3.63) is 42.5 Å². The van der Waals surface area contributed by atoms with Crippen molar-refractivity contribution >= 4 is 23.9 Å². The van der Waals surface area contributed by atoms with E-state index in [0.29, 0.717) is 5.56 Å². The molecule has 3 amide bonds. The molecule has 0 spiro atoms. The summed E-state index contributed by atoms with van der Waals surface area (Å²) in [6, 6.07) is 3.66. The van der Waals surface area contributed by atoms with Crippen LogP contribution < -0.4 is 10.6 Å². The zero-order valence-corrected chi connectivity index (χ0v) is 21.3. The third kappa shape index (κ3) is 10.1. The van der Waals surface area contributed by atoms with Crippen LogP contribution >= 0.6 is 0 Å². The SMILES string of the molecule is C=CCN(C(=O)C(CC(C)C)NC(=O)OC(C)(C)C)C(C(=O)NCC(=O)OC)c1cccc(O)c1. The highest BCUT2D eigenvalue weighted by atomic mass is 16.6. The Kier molecular flexibility index (Phi) is 11.2. The molecule has 2 unspecified atom stereocenters. The molecule has 0 radical (unpaired) electrons. The van der Waals surface area contributed by atoms with Crippen molar-refractivity contribution in [1.29, 1.82) is 0 Å². The molecular weight excluding hydrogens is 454 g/mol. The molecule has 0 aliphatic heterocycles. The van der Waals surface area contributed by atoms with Crippen molar-refractivity contribution in [2.24, 2.45) is 5.92 Å². The summed E-state index contributed by atoms with van der Waals surface area (Å²) >= 11 is 0. The number of phenolic OH excluding ortho intramolecular Hbond substituents is 1. The number of benzene rings is 1. The lowest BCUT2D eigenvalue weighted by molar-refractivity contribution is -0.144. The number of hydrogen-bond acceptors (Lipinski definition) is 7. The average Bonchev–Trinajstić information content (AvgIpc) is 2.74. The third-order valence-electron chi connectivity index (χ3n) is 4.69. The van der Waals surface area contributed by atoms with Gasteiger partial charge in [-0.05, 0) is 50.8 Å². The van der Waals surface area contributed by atoms with Gasteiger partial charge >= 0.3 is 12.1 Å². The number of ether oxygens (including phenoxy) is 2. The van der Waals surface area contributed by atoms with E-state index in [9.17, 15) is 24.3 Å². The minimum Gasteiger partial charge on any atom is -0.508 e. The Labute approximate surface area is 206 Å². The lowest BCUT2D eigenvalue weighted by Gasteiger charge is -2.34. The summed E-state index contributed by atoms with van der Waals surface area (Å²) in [5.74, 6) is -1.97. The fourth-order valence-electron chi connectivity index (χ4n) is 3.30. The molecule has 0 aliphatic carbocycles. The number of carbonyl (C=O) groups is 4. The van der Waals surface area contributed by atoms with Gasteiger partial charge in [0.25, 0.3) is 0 Å². The number of alkyl carbamates (subject to hydrolysis) is 1. The number of nitrogens with zero attached hydrogens (tertiary/aromatic N) is 1. The number of methoxy groups -OCH3 is 1. The van der Waals surface area contributed by atoms with Gasteiger partial charge in [-0.1, -0.05) is 32.1 Å². The maximum absolute atomic E-state index is 13.7. The second kappa shape index (κ2) is 13.4. The van der Waals surface area contributed by atoms with Crippen LogP contribution in [0.4, 0.5) is 4.79 Å². The van der Waals surface area contributed by atoms with Crippen LogP contribution in [-0.4, -0.2) is 65.7 Å². The number of rotatable bonds is 11. The normalized spacial score (nSPS) is 12.8. The molecule has 10 heteroatoms. The second-order valence-electron chi connectivity index (χ2n) is 9.40. The van der Waals surface area contributed by atoms with Crippen LogP contribution in [0.5, 0.6) is 5.75 Å². The van der Waals surface area contributed by atoms with Crippen molar-refractivity contribution in [3.63, 3.8) is 0 Å². The first-order chi connectivity index (χ1) is 16.3. The van der Waals surface area contributed by atoms with Crippen molar-refractivity contribution in [1.82, 2.24) is 15.5 Å². The van der Waals surface area contributed by atoms with E-state index < -0.39 is 48.1 Å². The van der Waals surface area contributed by atoms with Gasteiger partial charge in [-0.2, -0.15) is 0 Å². The van der Waals surface area contributed by atoms with E-state index in [1.54, 1.807) is 26.8 Å². The van der Waals surface area contributed by atoms with E-state index in [-0.39, 0.29) is 24.6 Å². The van der Waals surface area contributed by atoms with Crippen LogP contribution in [0.15, 0.2) is 36.9 Å². The van der Waals surface area contributed by atoms with Crippen molar-refractivity contribution in [2.75, 3.05) is 20.2 Å². The smallest absolute Gasteiger partial charge is 0.408 e. The second-order valence-corrected chi connectivity index (χ2v) is 9.40. The summed E-state index contributed by atoms with van der Waals surface area (Å²) in [5, 5.41) is 15.1. The number of amides is 3. The molecule has 194 valence electrons. The van der Waals surface area contributed by atoms with E-state index in [1.165, 1.54) is 36.3 Å². The summed E-state index contributed by atoms with van der Waals surface area (Å²) in [7, 11) is 1.19. The number of esters is 1. The van der Waals surface area contributed by atoms with Crippen molar-refractivity contribution in [2.45, 2.75) is 58.7 Å². The van der Waals surface area contributed by atoms with Crippen LogP contribution in [-0.2, 0) is 23.9 Å². The highest BCUT2D eigenvalue weighted by Crippen LogP contribution is 2.26. The van der Waals surface area contributed by atoms with Gasteiger partial charge in [0, 0.05) is 6.54 Å². The van der Waals surface area contributed by atoms with Gasteiger partial charge in [-0.15, -0.1) is 6.58 Å². The Balaban J connectivity index is 3.41. The molecule has 3 N–H and O–H groups in total. The van der Waals surface area contributed by atoms with Gasteiger partial charge in [0.1, 0.15) is 30.0 Å². The number of aromatic hydroxyl groups is 1. The number of phenols is 1. The average molecular weight is 492 g/mol. The Hall–Kier alpha value is -3.56. The first kappa shape index (κ1) is 29.5. The van der Waals surface area contributed by atoms with Gasteiger partial charge < -0.3 is 30.1 Å². The van der Waals surface area contributed by atoms with E-state index in [4.69, 9.17) is 4.74 Å². The first-order valence-electron chi connectivity index (χ1n) is 11.3. The molecule has 2 atom stereocenters. The van der Waals surface area contributed by atoms with Crippen LogP contribution in [0.3, 0.4) is 0 Å². The highest BCUT2D eigenvalue weighted by Gasteiger charge is 2.36. The molecule has 1 aromatic carbocycles. The lowest BCUT2D eigenvalue weighted by Crippen LogP contribution is -2.53. The minimum atomic E-state index is -1.23. The Morgan fingerprint density at radius 1 is 1.20 bits per heavy atom. The zero-order chi connectivity index (χ0) is 26.8. The summed E-state index contributed by atoms with van der Waals surface area (Å²) in [4.78, 5) is 52.3. The molecule has 0 aliphatic rings. The molecule has 0 heterocycles. The van der Waals surface area contributed by atoms with E-state index in [0.717, 1.165) is 0 Å². The number of carbonyl (C=O) groups excluding carboxylic acids is 4. The van der Waals surface area contributed by atoms with Crippen molar-refractivity contribution in [3.8, 4) is 5.75 Å². The standard InChI is InChI=1S/C25H37N3O7/c1-8-12-28(23(32)19(13-16(2)3)27-24(33)35-25(4,5)6)21(17-10-9-11-18(29)14-17)22(31)26-15-20(30)34-7/h8-11,14,16,19,21,29H,1,12-13,15H2,2-7H3,(H,26,31)(H,27,33). The van der Waals surface area contributed by atoms with Crippen molar-refractivity contribution < 1.29 is 33.8 Å². The summed E-state index contributed by atoms with van der Waals surface area (Å²) < 4.78 is 9.89. The summed E-state index contributed by atoms with van der Waals surface area (Å²) in [5.41, 5.74) is -0.461. The Bertz CT molecular complexity index is 909. The topological polar surface area (TPSA) is 134 Å². The predicted molar refractivity (Wildman–Crippen MR) is 130 cm³/mol. The molecule has 0 fully saturated rings. The fraction of sp³-hybridized carbons (Fsp3) is 0.520. The monoisotopic (exact) mass is 491 g/mol. The number of nitrogens with one attached hydrogen (secondary N) is 2. The summed E-state index contributed by atoms with van der Waals surface area (Å²) in [6.07, 6.45) is 0.961. The molecule has 0 saturated heterocycles. The molecule has 0 aromatic heterocycles. The van der Waals surface area contributed by atoms with Gasteiger partial charge in [0.2, 0.25) is 11.8 Å². The lowest BCUT2D eigenvalue weighted by atomic mass is 9.99. The third-order valence-corrected chi connectivity index (χ3v) is 4.69. The largest absolute Gasteiger partial charge is 0.508 e. The molecule has 1 rings (SSSR count). The minimum absolute atomic E-state index is 0.0249. The highest BCUT2D eigenvalue weighted by molar-refractivity contribution is 5.93. The molecule has 0 bridgehead atoms. The molecule has 10 nitrogen and oxygen atoms in total. The van der Waals surface area contributed by atoms with Crippen LogP contribution in [0.1, 0.15) is 52.6 Å². The van der Waals surface area contributed by atoms with Gasteiger partial charge in [0.15, 0.2) is 0 Å². The molecule has 1 aromatic rings. The fourth-order valence-corrected chi connectivity index (χ4v) is 3.30. The van der Waals surface area contributed by atoms with E-state index in [1.807, 2.05) is 13.8 Å². The number of hydrogen-bond donors (Lipinski definition) is 3. The maximum atomic E-state index is 13.7. The van der Waals surface area contributed by atoms with Crippen LogP contribution in [0.2, 0.25) is 0 Å². The van der Waals surface area contributed by atoms with Gasteiger partial charge in [-0.25, -0.2) is 4.79 Å². The summed E-state index contributed by atoms with van der Waals surface area (Å²) in [6.45, 7) is 12.1. The van der Waals surface area contributed by atoms with E-state index in [2.05, 4.69) is 21.9 Å². The van der Waals surface area contributed by atoms with Crippen LogP contribution in [0.25, 0.3) is 0 Å². The van der Waals surface area contributed by atoms with Gasteiger partial charge in [0.05, 0.1) is 7.11 Å². The maximum Gasteiger partial charge on any atom is 0.408 e. The first-order valence-corrected chi connectivity index (χ1v) is 11.3. The van der Waals surface area contributed by atoms with E-state index >= 15 is 0 Å². The molecule has 0 saturated carbocycles. The molecular formula is C25H37N3O7.